The molecule has 3 rings (SSSR count). The van der Waals surface area contributed by atoms with Crippen LogP contribution >= 0.6 is 45.3 Å². The van der Waals surface area contributed by atoms with Gasteiger partial charge in [-0.25, -0.2) is 0 Å². The monoisotopic (exact) mass is 400 g/mol. The van der Waals surface area contributed by atoms with Gasteiger partial charge in [0.05, 0.1) is 0 Å². The van der Waals surface area contributed by atoms with E-state index in [2.05, 4.69) is 27.3 Å². The van der Waals surface area contributed by atoms with Crippen molar-refractivity contribution in [2.24, 2.45) is 0 Å². The van der Waals surface area contributed by atoms with Gasteiger partial charge < -0.3 is 10.2 Å². The summed E-state index contributed by atoms with van der Waals surface area (Å²) in [4.78, 5) is 0. The lowest BCUT2D eigenvalue weighted by Gasteiger charge is -1.91. The van der Waals surface area contributed by atoms with Crippen LogP contribution in [0.2, 0.25) is 0 Å². The van der Waals surface area contributed by atoms with Gasteiger partial charge in [-0.15, -0.1) is 9.15 Å². The maximum absolute atomic E-state index is 10.4. The Morgan fingerprint density at radius 2 is 1.21 bits per heavy atom. The van der Waals surface area contributed by atoms with E-state index in [0.29, 0.717) is 0 Å². The number of hydrogen-bond acceptors (Lipinski definition) is 4. The standard InChI is InChI=1S/C16H18N2O2S4/c1-5-7-17(3)15-21-11-9(19)10(20)12-14(13(11)23-15)24-16(22-12)18(4)8-6-2/h3-8H2,1-2H3/q+2/p+2. The van der Waals surface area contributed by atoms with Crippen molar-refractivity contribution in [3.05, 3.63) is 0 Å². The third-order valence-electron chi connectivity index (χ3n) is 3.53. The van der Waals surface area contributed by atoms with Crippen molar-refractivity contribution in [3.8, 4) is 11.5 Å². The molecule has 24 heavy (non-hydrogen) atoms. The summed E-state index contributed by atoms with van der Waals surface area (Å²) in [6.45, 7) is 14.1. The first-order chi connectivity index (χ1) is 11.5. The third-order valence-corrected chi connectivity index (χ3v) is 9.08. The normalized spacial score (nSPS) is 11.4. The molecule has 0 saturated heterocycles. The van der Waals surface area contributed by atoms with Crippen molar-refractivity contribution in [1.29, 1.82) is 0 Å². The molecule has 0 spiro atoms. The summed E-state index contributed by atoms with van der Waals surface area (Å²) < 4.78 is 9.49. The Bertz CT molecular complexity index is 881. The summed E-state index contributed by atoms with van der Waals surface area (Å²) in [7, 11) is 0. The Morgan fingerprint density at radius 3 is 1.54 bits per heavy atom. The number of fused-ring (bicyclic) bond motifs is 3. The third kappa shape index (κ3) is 2.92. The van der Waals surface area contributed by atoms with Crippen LogP contribution in [-0.4, -0.2) is 45.9 Å². The van der Waals surface area contributed by atoms with E-state index in [4.69, 9.17) is 0 Å². The van der Waals surface area contributed by atoms with E-state index in [0.717, 1.165) is 53.4 Å². The van der Waals surface area contributed by atoms with Gasteiger partial charge in [0.25, 0.3) is 0 Å². The van der Waals surface area contributed by atoms with E-state index in [1.165, 1.54) is 22.7 Å². The van der Waals surface area contributed by atoms with Crippen LogP contribution in [0.3, 0.4) is 0 Å². The van der Waals surface area contributed by atoms with Crippen molar-refractivity contribution in [3.63, 3.8) is 0 Å². The summed E-state index contributed by atoms with van der Waals surface area (Å²) >= 11 is 6.22. The fraction of sp³-hybridized carbons (Fsp3) is 0.375. The number of rotatable bonds is 6. The molecule has 0 fully saturated rings. The molecule has 2 heterocycles. The Balaban J connectivity index is 2.24. The Labute approximate surface area is 156 Å². The lowest BCUT2D eigenvalue weighted by Crippen LogP contribution is -2.00. The van der Waals surface area contributed by atoms with Gasteiger partial charge in [0, 0.05) is 12.8 Å². The predicted octanol–water partition coefficient (Wildman–Crippen LogP) is 5.72. The largest absolute Gasteiger partial charge is 0.516 e. The van der Waals surface area contributed by atoms with Gasteiger partial charge in [0.15, 0.2) is 58.4 Å². The molecule has 0 saturated carbocycles. The van der Waals surface area contributed by atoms with Crippen molar-refractivity contribution in [2.45, 2.75) is 26.7 Å². The molecule has 1 aromatic carbocycles. The van der Waals surface area contributed by atoms with Crippen molar-refractivity contribution >= 4 is 86.2 Å². The molecule has 0 amide bonds. The molecule has 2 aromatic heterocycles. The molecule has 0 bridgehead atoms. The minimum absolute atomic E-state index is 0.0263. The van der Waals surface area contributed by atoms with Crippen LogP contribution in [0.25, 0.3) is 18.8 Å². The highest BCUT2D eigenvalue weighted by atomic mass is 32.2. The molecule has 0 aliphatic rings. The molecule has 0 unspecified atom stereocenters. The first-order valence-electron chi connectivity index (χ1n) is 7.71. The van der Waals surface area contributed by atoms with E-state index in [-0.39, 0.29) is 11.5 Å². The van der Waals surface area contributed by atoms with Crippen LogP contribution in [0.15, 0.2) is 0 Å². The van der Waals surface area contributed by atoms with Crippen LogP contribution in [0, 0.1) is 0 Å². The van der Waals surface area contributed by atoms with Gasteiger partial charge in [0.1, 0.15) is 13.4 Å². The summed E-state index contributed by atoms with van der Waals surface area (Å²) in [5.41, 5.74) is 0. The topological polar surface area (TPSA) is 46.5 Å². The number of aromatic hydroxyl groups is 2. The molecule has 3 aromatic rings. The van der Waals surface area contributed by atoms with Crippen molar-refractivity contribution in [1.82, 2.24) is 0 Å². The maximum Gasteiger partial charge on any atom is 0.516 e. The van der Waals surface area contributed by atoms with Crippen molar-refractivity contribution in [2.75, 3.05) is 13.1 Å². The molecular weight excluding hydrogens is 380 g/mol. The fourth-order valence-corrected chi connectivity index (χ4v) is 7.72. The Hall–Kier alpha value is -1.22. The van der Waals surface area contributed by atoms with Crippen LogP contribution in [0.4, 0.5) is 8.63 Å². The fourth-order valence-electron chi connectivity index (χ4n) is 2.38. The molecule has 8 heteroatoms. The zero-order valence-electron chi connectivity index (χ0n) is 13.7. The predicted molar refractivity (Wildman–Crippen MR) is 110 cm³/mol. The van der Waals surface area contributed by atoms with Gasteiger partial charge in [-0.2, -0.15) is 0 Å². The summed E-state index contributed by atoms with van der Waals surface area (Å²) in [6.07, 6.45) is 2.02. The second-order valence-electron chi connectivity index (χ2n) is 5.48. The number of phenols is 2. The van der Waals surface area contributed by atoms with Crippen LogP contribution in [-0.2, 0) is 0 Å². The van der Waals surface area contributed by atoms with Gasteiger partial charge >= 0.3 is 8.63 Å². The number of benzene rings is 1. The molecule has 126 valence electrons. The average molecular weight is 401 g/mol. The minimum Gasteiger partial charge on any atom is -0.502 e. The zero-order chi connectivity index (χ0) is 17.4. The van der Waals surface area contributed by atoms with E-state index in [9.17, 15) is 10.2 Å². The maximum atomic E-state index is 10.4. The molecule has 0 atom stereocenters. The average Bonchev–Trinajstić information content (AvgIpc) is 3.17. The van der Waals surface area contributed by atoms with Crippen LogP contribution in [0.1, 0.15) is 26.7 Å². The smallest absolute Gasteiger partial charge is 0.502 e. The van der Waals surface area contributed by atoms with E-state index in [1.54, 1.807) is 22.7 Å². The number of hydrogen-bond donors (Lipinski definition) is 2. The van der Waals surface area contributed by atoms with Gasteiger partial charge in [-0.3, -0.25) is 0 Å². The second kappa shape index (κ2) is 6.95. The Kier molecular flexibility index (Phi) is 5.10. The first kappa shape index (κ1) is 17.6. The SMILES string of the molecule is C=[N+](CCC)c1sc2c([s+]1)c(O)c(O)c1[s+]c([N+](=C)CCC)sc12. The first-order valence-corrected chi connectivity index (χ1v) is 11.0. The molecule has 2 N–H and O–H groups in total. The van der Waals surface area contributed by atoms with Crippen LogP contribution in [0.5, 0.6) is 11.5 Å². The second-order valence-corrected chi connectivity index (χ2v) is 9.99. The highest BCUT2D eigenvalue weighted by Crippen LogP contribution is 2.55. The summed E-state index contributed by atoms with van der Waals surface area (Å²) in [6, 6.07) is 0. The summed E-state index contributed by atoms with van der Waals surface area (Å²) in [5.74, 6) is -0.0526. The highest BCUT2D eigenvalue weighted by Gasteiger charge is 2.38. The van der Waals surface area contributed by atoms with E-state index in [1.807, 2.05) is 9.15 Å². The van der Waals surface area contributed by atoms with E-state index >= 15 is 0 Å². The lowest BCUT2D eigenvalue weighted by atomic mass is 10.3. The van der Waals surface area contributed by atoms with Crippen LogP contribution < -0.4 is 0 Å². The lowest BCUT2D eigenvalue weighted by molar-refractivity contribution is -0.423. The molecule has 0 radical (unpaired) electrons. The zero-order valence-corrected chi connectivity index (χ0v) is 16.9. The number of phenolic OH excluding ortho intramolecular Hbond substituents is 2. The number of nitrogens with zero attached hydrogens (tertiary/aromatic N) is 2. The summed E-state index contributed by atoms with van der Waals surface area (Å²) in [5, 5.41) is 20.9. The Morgan fingerprint density at radius 1 is 0.833 bits per heavy atom. The van der Waals surface area contributed by atoms with Crippen molar-refractivity contribution < 1.29 is 19.4 Å². The van der Waals surface area contributed by atoms with Gasteiger partial charge in [0.2, 0.25) is 30.3 Å². The molecule has 0 aliphatic heterocycles. The molecular formula is C16H20N2O2S4+4. The van der Waals surface area contributed by atoms with E-state index < -0.39 is 0 Å². The molecule has 0 aliphatic carbocycles. The minimum atomic E-state index is -0.0263. The van der Waals surface area contributed by atoms with Gasteiger partial charge in [-0.1, -0.05) is 13.8 Å². The highest BCUT2D eigenvalue weighted by molar-refractivity contribution is 7.49. The molecule has 4 nitrogen and oxygen atoms in total. The van der Waals surface area contributed by atoms with Gasteiger partial charge in [-0.05, 0) is 0 Å². The quantitative estimate of drug-likeness (QED) is 0.240.